The summed E-state index contributed by atoms with van der Waals surface area (Å²) in [4.78, 5) is 18.6. The summed E-state index contributed by atoms with van der Waals surface area (Å²) in [5.74, 6) is 1.83. The molecule has 6 nitrogen and oxygen atoms in total. The molecule has 1 unspecified atom stereocenters. The van der Waals surface area contributed by atoms with E-state index in [1.165, 1.54) is 36.8 Å². The van der Waals surface area contributed by atoms with Gasteiger partial charge in [-0.25, -0.2) is 4.99 Å². The van der Waals surface area contributed by atoms with Crippen LogP contribution in [0.3, 0.4) is 0 Å². The topological polar surface area (TPSA) is 66.0 Å². The Hall–Kier alpha value is -2.08. The van der Waals surface area contributed by atoms with Crippen molar-refractivity contribution in [3.63, 3.8) is 0 Å². The van der Waals surface area contributed by atoms with E-state index in [2.05, 4.69) is 48.7 Å². The second-order valence-corrected chi connectivity index (χ2v) is 8.69. The molecule has 2 fully saturated rings. The predicted molar refractivity (Wildman–Crippen MR) is 126 cm³/mol. The third-order valence-electron chi connectivity index (χ3n) is 6.33. The van der Waals surface area contributed by atoms with Crippen LogP contribution >= 0.6 is 0 Å². The molecule has 2 N–H and O–H groups in total. The molecule has 1 aromatic rings. The van der Waals surface area contributed by atoms with Gasteiger partial charge in [-0.05, 0) is 56.6 Å². The number of carbonyl (C=O) groups is 1. The third kappa shape index (κ3) is 7.53. The van der Waals surface area contributed by atoms with E-state index in [0.29, 0.717) is 31.5 Å². The molecule has 6 heteroatoms. The van der Waals surface area contributed by atoms with E-state index in [1.807, 2.05) is 4.90 Å². The highest BCUT2D eigenvalue weighted by Gasteiger charge is 2.25. The number of benzene rings is 1. The van der Waals surface area contributed by atoms with Crippen LogP contribution < -0.4 is 10.6 Å². The number of rotatable bonds is 11. The molecule has 1 heterocycles. The Kier molecular flexibility index (Phi) is 9.66. The second kappa shape index (κ2) is 12.7. The Morgan fingerprint density at radius 2 is 2.00 bits per heavy atom. The summed E-state index contributed by atoms with van der Waals surface area (Å²) >= 11 is 0. The quantitative estimate of drug-likeness (QED) is 0.415. The zero-order valence-electron chi connectivity index (χ0n) is 19.4. The van der Waals surface area contributed by atoms with E-state index < -0.39 is 0 Å². The third-order valence-corrected chi connectivity index (χ3v) is 6.33. The summed E-state index contributed by atoms with van der Waals surface area (Å²) in [6.45, 7) is 8.86. The minimum Gasteiger partial charge on any atom is -0.378 e. The van der Waals surface area contributed by atoms with Crippen LogP contribution in [0.5, 0.6) is 0 Å². The number of guanidine groups is 1. The molecule has 1 aromatic carbocycles. The fourth-order valence-corrected chi connectivity index (χ4v) is 4.76. The number of nitrogens with one attached hydrogen (secondary N) is 2. The van der Waals surface area contributed by atoms with Crippen molar-refractivity contribution in [3.05, 3.63) is 35.4 Å². The molecular weight excluding hydrogens is 388 g/mol. The summed E-state index contributed by atoms with van der Waals surface area (Å²) < 4.78 is 6.04. The average molecular weight is 429 g/mol. The van der Waals surface area contributed by atoms with Crippen LogP contribution in [0.2, 0.25) is 0 Å². The van der Waals surface area contributed by atoms with Gasteiger partial charge in [-0.1, -0.05) is 37.1 Å². The normalized spacial score (nSPS) is 18.6. The van der Waals surface area contributed by atoms with Crippen LogP contribution in [-0.2, 0) is 22.6 Å². The Morgan fingerprint density at radius 3 is 2.71 bits per heavy atom. The monoisotopic (exact) mass is 428 g/mol. The van der Waals surface area contributed by atoms with Gasteiger partial charge >= 0.3 is 0 Å². The summed E-state index contributed by atoms with van der Waals surface area (Å²) in [6.07, 6.45) is 8.33. The fraction of sp³-hybridized carbons (Fsp3) is 0.680. The van der Waals surface area contributed by atoms with Crippen LogP contribution in [0.1, 0.15) is 69.9 Å². The number of hydrogen-bond acceptors (Lipinski definition) is 3. The van der Waals surface area contributed by atoms with E-state index in [4.69, 9.17) is 9.73 Å². The highest BCUT2D eigenvalue weighted by Crippen LogP contribution is 2.30. The molecule has 0 bridgehead atoms. The van der Waals surface area contributed by atoms with Gasteiger partial charge in [-0.15, -0.1) is 0 Å². The van der Waals surface area contributed by atoms with Crippen molar-refractivity contribution in [2.24, 2.45) is 10.9 Å². The fourth-order valence-electron chi connectivity index (χ4n) is 4.76. The molecule has 1 aliphatic carbocycles. The smallest absolute Gasteiger partial charge is 0.222 e. The maximum atomic E-state index is 11.9. The maximum absolute atomic E-state index is 11.9. The Balaban J connectivity index is 1.51. The van der Waals surface area contributed by atoms with Crippen LogP contribution in [0.15, 0.2) is 29.3 Å². The molecular formula is C25H40N4O2. The number of carbonyl (C=O) groups excluding carboxylic acids is 1. The summed E-state index contributed by atoms with van der Waals surface area (Å²) in [5, 5.41) is 6.84. The highest BCUT2D eigenvalue weighted by molar-refractivity contribution is 5.79. The number of amides is 1. The molecule has 0 spiro atoms. The first-order valence-corrected chi connectivity index (χ1v) is 12.2. The van der Waals surface area contributed by atoms with Crippen molar-refractivity contribution in [1.82, 2.24) is 15.5 Å². The SMILES string of the molecule is CCNC(=NCc1cccc(CN2CCCC2=O)c1)NCCC(OCC)C1CCCC1. The van der Waals surface area contributed by atoms with Gasteiger partial charge in [0.05, 0.1) is 12.6 Å². The first kappa shape index (κ1) is 23.6. The highest BCUT2D eigenvalue weighted by atomic mass is 16.5. The Labute approximate surface area is 187 Å². The number of nitrogens with zero attached hydrogens (tertiary/aromatic N) is 2. The van der Waals surface area contributed by atoms with Crippen molar-refractivity contribution < 1.29 is 9.53 Å². The zero-order valence-corrected chi connectivity index (χ0v) is 19.4. The van der Waals surface area contributed by atoms with Crippen molar-refractivity contribution in [2.75, 3.05) is 26.2 Å². The number of likely N-dealkylation sites (tertiary alicyclic amines) is 1. The van der Waals surface area contributed by atoms with Crippen molar-refractivity contribution in [3.8, 4) is 0 Å². The van der Waals surface area contributed by atoms with Crippen LogP contribution in [0.25, 0.3) is 0 Å². The summed E-state index contributed by atoms with van der Waals surface area (Å²) in [7, 11) is 0. The van der Waals surface area contributed by atoms with E-state index in [-0.39, 0.29) is 5.91 Å². The van der Waals surface area contributed by atoms with Gasteiger partial charge < -0.3 is 20.3 Å². The Morgan fingerprint density at radius 1 is 1.19 bits per heavy atom. The van der Waals surface area contributed by atoms with Crippen molar-refractivity contribution in [1.29, 1.82) is 0 Å². The maximum Gasteiger partial charge on any atom is 0.222 e. The van der Waals surface area contributed by atoms with Gasteiger partial charge in [0.1, 0.15) is 0 Å². The lowest BCUT2D eigenvalue weighted by Gasteiger charge is -2.24. The van der Waals surface area contributed by atoms with E-state index >= 15 is 0 Å². The lowest BCUT2D eigenvalue weighted by atomic mass is 9.98. The van der Waals surface area contributed by atoms with Crippen molar-refractivity contribution in [2.45, 2.75) is 78.0 Å². The van der Waals surface area contributed by atoms with Gasteiger partial charge in [-0.3, -0.25) is 4.79 Å². The van der Waals surface area contributed by atoms with Gasteiger partial charge in [0, 0.05) is 39.2 Å². The summed E-state index contributed by atoms with van der Waals surface area (Å²) in [5.41, 5.74) is 2.34. The lowest BCUT2D eigenvalue weighted by molar-refractivity contribution is -0.128. The van der Waals surface area contributed by atoms with Crippen molar-refractivity contribution >= 4 is 11.9 Å². The van der Waals surface area contributed by atoms with Gasteiger partial charge in [0.15, 0.2) is 5.96 Å². The average Bonchev–Trinajstić information content (AvgIpc) is 3.44. The largest absolute Gasteiger partial charge is 0.378 e. The van der Waals surface area contributed by atoms with Crippen LogP contribution in [-0.4, -0.2) is 49.1 Å². The van der Waals surface area contributed by atoms with Gasteiger partial charge in [0.2, 0.25) is 5.91 Å². The minimum atomic E-state index is 0.269. The number of ether oxygens (including phenoxy) is 1. The van der Waals surface area contributed by atoms with Crippen LogP contribution in [0.4, 0.5) is 0 Å². The van der Waals surface area contributed by atoms with Crippen LogP contribution in [0, 0.1) is 5.92 Å². The molecule has 0 aromatic heterocycles. The molecule has 1 aliphatic heterocycles. The van der Waals surface area contributed by atoms with E-state index in [0.717, 1.165) is 45.0 Å². The molecule has 1 saturated carbocycles. The Bertz CT molecular complexity index is 715. The molecule has 3 rings (SSSR count). The van der Waals surface area contributed by atoms with Gasteiger partial charge in [-0.2, -0.15) is 0 Å². The standard InChI is InChI=1S/C25H40N4O2/c1-3-26-25(27-15-14-23(31-4-2)22-11-5-6-12-22)28-18-20-9-7-10-21(17-20)19-29-16-8-13-24(29)30/h7,9-10,17,22-23H,3-6,8,11-16,18-19H2,1-2H3,(H2,26,27,28). The minimum absolute atomic E-state index is 0.269. The lowest BCUT2D eigenvalue weighted by Crippen LogP contribution is -2.39. The molecule has 172 valence electrons. The van der Waals surface area contributed by atoms with Gasteiger partial charge in [0.25, 0.3) is 0 Å². The number of aliphatic imine (C=N–C) groups is 1. The molecule has 0 radical (unpaired) electrons. The summed E-state index contributed by atoms with van der Waals surface area (Å²) in [6, 6.07) is 8.44. The molecule has 1 atom stereocenters. The first-order chi connectivity index (χ1) is 15.2. The molecule has 1 amide bonds. The molecule has 31 heavy (non-hydrogen) atoms. The van der Waals surface area contributed by atoms with E-state index in [1.54, 1.807) is 0 Å². The van der Waals surface area contributed by atoms with E-state index in [9.17, 15) is 4.79 Å². The predicted octanol–water partition coefficient (Wildman–Crippen LogP) is 3.85. The first-order valence-electron chi connectivity index (χ1n) is 12.2. The zero-order chi connectivity index (χ0) is 21.9. The molecule has 1 saturated heterocycles. The number of hydrogen-bond donors (Lipinski definition) is 2. The molecule has 2 aliphatic rings. The second-order valence-electron chi connectivity index (χ2n) is 8.69.